The fourth-order valence-corrected chi connectivity index (χ4v) is 4.41. The van der Waals surface area contributed by atoms with Crippen LogP contribution in [-0.4, -0.2) is 24.3 Å². The number of fused-ring (bicyclic) bond motifs is 1. The molecule has 1 aromatic carbocycles. The molecule has 0 unspecified atom stereocenters. The van der Waals surface area contributed by atoms with Gasteiger partial charge in [-0.05, 0) is 52.9 Å². The molecule has 1 N–H and O–H groups in total. The Labute approximate surface area is 126 Å². The van der Waals surface area contributed by atoms with Gasteiger partial charge >= 0.3 is 5.97 Å². The average molecular weight is 341 g/mol. The Morgan fingerprint density at radius 2 is 1.95 bits per heavy atom. The molecule has 1 aliphatic heterocycles. The highest BCUT2D eigenvalue weighted by atomic mass is 79.9. The lowest BCUT2D eigenvalue weighted by Gasteiger charge is -2.30. The topological polar surface area (TPSA) is 55.8 Å². The number of aliphatic carboxylic acids is 1. The van der Waals surface area contributed by atoms with E-state index in [4.69, 9.17) is 9.47 Å². The molecule has 3 rings (SSSR count). The minimum Gasteiger partial charge on any atom is -0.486 e. The number of rotatable bonds is 2. The Kier molecular flexibility index (Phi) is 3.40. The lowest BCUT2D eigenvalue weighted by molar-refractivity contribution is -0.143. The molecule has 1 saturated carbocycles. The van der Waals surface area contributed by atoms with Gasteiger partial charge in [0, 0.05) is 0 Å². The van der Waals surface area contributed by atoms with Gasteiger partial charge in [0.2, 0.25) is 0 Å². The summed E-state index contributed by atoms with van der Waals surface area (Å²) >= 11 is 3.56. The summed E-state index contributed by atoms with van der Waals surface area (Å²) in [7, 11) is 0. The van der Waals surface area contributed by atoms with Crippen molar-refractivity contribution in [3.63, 3.8) is 0 Å². The zero-order valence-electron chi connectivity index (χ0n) is 11.4. The Morgan fingerprint density at radius 1 is 1.30 bits per heavy atom. The second-order valence-electron chi connectivity index (χ2n) is 5.50. The largest absolute Gasteiger partial charge is 0.486 e. The van der Waals surface area contributed by atoms with E-state index in [-0.39, 0.29) is 0 Å². The number of carboxylic acid groups (broad SMARTS) is 1. The molecule has 1 aliphatic carbocycles. The predicted molar refractivity (Wildman–Crippen MR) is 77.7 cm³/mol. The van der Waals surface area contributed by atoms with Crippen LogP contribution in [0.25, 0.3) is 0 Å². The van der Waals surface area contributed by atoms with E-state index < -0.39 is 11.4 Å². The molecule has 0 spiro atoms. The van der Waals surface area contributed by atoms with E-state index in [0.717, 1.165) is 28.4 Å². The second kappa shape index (κ2) is 4.95. The Morgan fingerprint density at radius 3 is 2.60 bits per heavy atom. The van der Waals surface area contributed by atoms with Gasteiger partial charge in [0.05, 0.1) is 9.89 Å². The van der Waals surface area contributed by atoms with Crippen molar-refractivity contribution in [3.05, 3.63) is 21.7 Å². The number of hydrogen-bond acceptors (Lipinski definition) is 3. The van der Waals surface area contributed by atoms with Crippen molar-refractivity contribution in [2.75, 3.05) is 13.2 Å². The monoisotopic (exact) mass is 340 g/mol. The van der Waals surface area contributed by atoms with Crippen LogP contribution in [0.4, 0.5) is 0 Å². The number of carbonyl (C=O) groups is 1. The lowest BCUT2D eigenvalue weighted by atomic mass is 9.76. The van der Waals surface area contributed by atoms with Crippen molar-refractivity contribution in [2.24, 2.45) is 0 Å². The average Bonchev–Trinajstić information content (AvgIpc) is 2.89. The van der Waals surface area contributed by atoms with Crippen molar-refractivity contribution in [2.45, 2.75) is 38.0 Å². The first-order valence-corrected chi connectivity index (χ1v) is 7.68. The van der Waals surface area contributed by atoms with E-state index in [2.05, 4.69) is 15.9 Å². The molecule has 4 nitrogen and oxygen atoms in total. The van der Waals surface area contributed by atoms with Gasteiger partial charge < -0.3 is 14.6 Å². The smallest absolute Gasteiger partial charge is 0.314 e. The maximum atomic E-state index is 11.9. The predicted octanol–water partition coefficient (Wildman–Crippen LogP) is 3.43. The summed E-state index contributed by atoms with van der Waals surface area (Å²) < 4.78 is 12.0. The third-order valence-electron chi connectivity index (χ3n) is 4.32. The van der Waals surface area contributed by atoms with Gasteiger partial charge in [-0.2, -0.15) is 0 Å². The number of ether oxygens (including phenoxy) is 2. The SMILES string of the molecule is Cc1cc2c(c(Br)c1C1(C(=O)O)CCCC1)OCCO2. The molecule has 108 valence electrons. The van der Waals surface area contributed by atoms with Gasteiger partial charge in [0.15, 0.2) is 11.5 Å². The van der Waals surface area contributed by atoms with Gasteiger partial charge in [-0.25, -0.2) is 0 Å². The van der Waals surface area contributed by atoms with Crippen LogP contribution in [0.2, 0.25) is 0 Å². The molecule has 1 fully saturated rings. The van der Waals surface area contributed by atoms with E-state index >= 15 is 0 Å². The van der Waals surface area contributed by atoms with Crippen molar-refractivity contribution in [3.8, 4) is 11.5 Å². The van der Waals surface area contributed by atoms with Crippen LogP contribution in [0.1, 0.15) is 36.8 Å². The van der Waals surface area contributed by atoms with Crippen LogP contribution in [0.15, 0.2) is 10.5 Å². The molecule has 0 saturated heterocycles. The number of benzene rings is 1. The minimum atomic E-state index is -0.793. The van der Waals surface area contributed by atoms with E-state index in [1.807, 2.05) is 13.0 Å². The number of carboxylic acids is 1. The summed E-state index contributed by atoms with van der Waals surface area (Å²) in [5.41, 5.74) is 1.01. The number of halogens is 1. The molecule has 0 amide bonds. The maximum Gasteiger partial charge on any atom is 0.314 e. The molecular formula is C15H17BrO4. The third-order valence-corrected chi connectivity index (χ3v) is 5.07. The van der Waals surface area contributed by atoms with Crippen molar-refractivity contribution >= 4 is 21.9 Å². The quantitative estimate of drug-likeness (QED) is 0.896. The Hall–Kier alpha value is -1.23. The lowest BCUT2D eigenvalue weighted by Crippen LogP contribution is -2.34. The van der Waals surface area contributed by atoms with Crippen LogP contribution < -0.4 is 9.47 Å². The summed E-state index contributed by atoms with van der Waals surface area (Å²) in [5, 5.41) is 9.78. The first-order chi connectivity index (χ1) is 9.56. The fraction of sp³-hybridized carbons (Fsp3) is 0.533. The van der Waals surface area contributed by atoms with Crippen molar-refractivity contribution < 1.29 is 19.4 Å². The highest BCUT2D eigenvalue weighted by molar-refractivity contribution is 9.10. The third kappa shape index (κ3) is 1.91. The molecule has 0 aromatic heterocycles. The standard InChI is InChI=1S/C15H17BrO4/c1-9-8-10-13(20-7-6-19-10)12(16)11(9)15(14(17)18)4-2-3-5-15/h8H,2-7H2,1H3,(H,17,18). The first-order valence-electron chi connectivity index (χ1n) is 6.89. The summed E-state index contributed by atoms with van der Waals surface area (Å²) in [6, 6.07) is 1.90. The van der Waals surface area contributed by atoms with Crippen LogP contribution >= 0.6 is 15.9 Å². The van der Waals surface area contributed by atoms with E-state index in [0.29, 0.717) is 37.6 Å². The molecule has 1 heterocycles. The summed E-state index contributed by atoms with van der Waals surface area (Å²) in [4.78, 5) is 11.9. The van der Waals surface area contributed by atoms with Crippen molar-refractivity contribution in [1.29, 1.82) is 0 Å². The molecule has 20 heavy (non-hydrogen) atoms. The van der Waals surface area contributed by atoms with E-state index in [1.165, 1.54) is 0 Å². The Bertz CT molecular complexity index is 561. The number of aryl methyl sites for hydroxylation is 1. The zero-order valence-corrected chi connectivity index (χ0v) is 13.0. The highest BCUT2D eigenvalue weighted by Crippen LogP contribution is 2.51. The van der Waals surface area contributed by atoms with E-state index in [9.17, 15) is 9.90 Å². The van der Waals surface area contributed by atoms with Crippen LogP contribution in [0.5, 0.6) is 11.5 Å². The van der Waals surface area contributed by atoms with Crippen LogP contribution in [0, 0.1) is 6.92 Å². The summed E-state index contributed by atoms with van der Waals surface area (Å²) in [6.07, 6.45) is 3.27. The van der Waals surface area contributed by atoms with Gasteiger partial charge in [-0.1, -0.05) is 12.8 Å². The highest BCUT2D eigenvalue weighted by Gasteiger charge is 2.46. The van der Waals surface area contributed by atoms with Crippen LogP contribution in [-0.2, 0) is 10.2 Å². The van der Waals surface area contributed by atoms with E-state index in [1.54, 1.807) is 0 Å². The summed E-state index contributed by atoms with van der Waals surface area (Å²) in [6.45, 7) is 2.97. The molecule has 0 radical (unpaired) electrons. The van der Waals surface area contributed by atoms with Gasteiger partial charge in [-0.3, -0.25) is 4.79 Å². The summed E-state index contributed by atoms with van der Waals surface area (Å²) in [5.74, 6) is 0.600. The molecular weight excluding hydrogens is 324 g/mol. The minimum absolute atomic E-state index is 0.494. The number of hydrogen-bond donors (Lipinski definition) is 1. The maximum absolute atomic E-state index is 11.9. The molecule has 1 aromatic rings. The van der Waals surface area contributed by atoms with Gasteiger partial charge in [-0.15, -0.1) is 0 Å². The normalized spacial score (nSPS) is 19.9. The molecule has 0 bridgehead atoms. The second-order valence-corrected chi connectivity index (χ2v) is 6.29. The molecule has 0 atom stereocenters. The Balaban J connectivity index is 2.20. The first kappa shape index (κ1) is 13.7. The van der Waals surface area contributed by atoms with Crippen molar-refractivity contribution in [1.82, 2.24) is 0 Å². The van der Waals surface area contributed by atoms with Gasteiger partial charge in [0.25, 0.3) is 0 Å². The molecule has 5 heteroatoms. The van der Waals surface area contributed by atoms with Gasteiger partial charge in [0.1, 0.15) is 13.2 Å². The fourth-order valence-electron chi connectivity index (χ4n) is 3.40. The molecule has 2 aliphatic rings. The van der Waals surface area contributed by atoms with Crippen LogP contribution in [0.3, 0.4) is 0 Å². The zero-order chi connectivity index (χ0) is 14.3.